The fraction of sp³-hybridized carbons (Fsp3) is 0.786. The van der Waals surface area contributed by atoms with E-state index in [1.54, 1.807) is 6.08 Å². The van der Waals surface area contributed by atoms with Gasteiger partial charge in [0.1, 0.15) is 73.2 Å². The van der Waals surface area contributed by atoms with E-state index in [4.69, 9.17) is 28.4 Å². The minimum absolute atomic E-state index is 0.231. The Balaban J connectivity index is 1.31. The summed E-state index contributed by atoms with van der Waals surface area (Å²) in [6, 6.07) is -0.999. The summed E-state index contributed by atoms with van der Waals surface area (Å²) >= 11 is 0. The van der Waals surface area contributed by atoms with E-state index in [-0.39, 0.29) is 18.9 Å². The maximum Gasteiger partial charge on any atom is 0.220 e. The monoisotopic (exact) mass is 1650 g/mol. The molecule has 0 spiro atoms. The predicted molar refractivity (Wildman–Crippen MR) is 475 cm³/mol. The summed E-state index contributed by atoms with van der Waals surface area (Å²) in [7, 11) is 0. The molecule has 19 heteroatoms. The zero-order valence-electron chi connectivity index (χ0n) is 73.2. The van der Waals surface area contributed by atoms with Crippen molar-refractivity contribution in [1.82, 2.24) is 5.32 Å². The number of carbonyl (C=O) groups is 1. The van der Waals surface area contributed by atoms with E-state index >= 15 is 0 Å². The Labute approximate surface area is 709 Å². The third kappa shape index (κ3) is 53.8. The fourth-order valence-electron chi connectivity index (χ4n) is 15.3. The lowest BCUT2D eigenvalue weighted by Crippen LogP contribution is -2.66. The summed E-state index contributed by atoms with van der Waals surface area (Å²) < 4.78 is 34.5. The van der Waals surface area contributed by atoms with E-state index in [2.05, 4.69) is 129 Å². The maximum absolute atomic E-state index is 13.5. The highest BCUT2D eigenvalue weighted by atomic mass is 16.8. The number of hydrogen-bond donors (Lipinski definition) is 12. The van der Waals surface area contributed by atoms with Crippen LogP contribution in [0.25, 0.3) is 0 Å². The molecule has 19 nitrogen and oxygen atoms in total. The number of ether oxygens (including phenoxy) is 6. The summed E-state index contributed by atoms with van der Waals surface area (Å²) in [6.07, 6.45) is 82.1. The third-order valence-electron chi connectivity index (χ3n) is 22.7. The number of rotatable bonds is 76. The van der Waals surface area contributed by atoms with Gasteiger partial charge in [-0.1, -0.05) is 379 Å². The molecule has 1 amide bonds. The number of carbonyl (C=O) groups excluding carboxylic acids is 1. The standard InChI is InChI=1S/C98H171NO18/c1-3-5-7-9-11-13-15-17-19-21-23-25-27-29-31-33-35-36-37-38-39-40-41-42-43-44-46-48-50-52-54-56-58-60-62-64-66-68-70-72-74-76-86(104)99-81(82(103)75-73-71-69-67-65-63-61-59-57-55-53-51-49-47-45-34-32-30-28-26-24-22-20-18-16-14-12-10-8-6-4-2)80-112-96-92(110)89(107)94(84(78-101)114-96)117-98-93(111)90(108)95(85(79-102)115-98)116-97-91(109)88(106)87(105)83(77-100)113-97/h5,7,11,13,17,19,23,25,29,31,35-36,38-39,41-42,65,67,73,75,81-85,87-98,100-103,105-111H,3-4,6,8-10,12,14-16,18,20-22,24,26-28,30,32-34,37,40,43-64,66,68-72,74,76-80H2,1-2H3,(H,99,104)/b7-5-,13-11-,19-17-,25-23-,31-29-,36-35-,39-38-,42-41-,67-65+,75-73+. The number of nitrogens with one attached hydrogen (secondary N) is 1. The fourth-order valence-corrected chi connectivity index (χ4v) is 15.3. The molecular weight excluding hydrogens is 1480 g/mol. The molecule has 0 aromatic heterocycles. The van der Waals surface area contributed by atoms with Crippen molar-refractivity contribution in [2.75, 3.05) is 26.4 Å². The molecule has 3 aliphatic heterocycles. The van der Waals surface area contributed by atoms with Gasteiger partial charge in [0.2, 0.25) is 5.91 Å². The van der Waals surface area contributed by atoms with Crippen LogP contribution in [0.4, 0.5) is 0 Å². The molecule has 0 bridgehead atoms. The molecule has 676 valence electrons. The molecule has 3 rings (SSSR count). The van der Waals surface area contributed by atoms with Crippen molar-refractivity contribution in [2.45, 2.75) is 465 Å². The van der Waals surface area contributed by atoms with Gasteiger partial charge >= 0.3 is 0 Å². The van der Waals surface area contributed by atoms with Crippen LogP contribution < -0.4 is 5.32 Å². The van der Waals surface area contributed by atoms with E-state index in [0.717, 1.165) is 89.9 Å². The topological polar surface area (TPSA) is 307 Å². The van der Waals surface area contributed by atoms with Gasteiger partial charge in [0.05, 0.1) is 38.6 Å². The number of aliphatic hydroxyl groups is 11. The van der Waals surface area contributed by atoms with Crippen LogP contribution in [0.15, 0.2) is 122 Å². The molecule has 0 radical (unpaired) electrons. The molecule has 0 aromatic carbocycles. The molecule has 3 fully saturated rings. The second kappa shape index (κ2) is 75.9. The predicted octanol–water partition coefficient (Wildman–Crippen LogP) is 19.0. The van der Waals surface area contributed by atoms with Crippen molar-refractivity contribution in [3.05, 3.63) is 122 Å². The van der Waals surface area contributed by atoms with Gasteiger partial charge in [0, 0.05) is 6.42 Å². The molecule has 12 N–H and O–H groups in total. The molecule has 117 heavy (non-hydrogen) atoms. The van der Waals surface area contributed by atoms with Crippen molar-refractivity contribution >= 4 is 5.91 Å². The second-order valence-corrected chi connectivity index (χ2v) is 33.1. The SMILES string of the molecule is CC/C=C\C/C=C\C/C=C\C/C=C\C/C=C\C/C=C\C/C=C\C/C=C\CCCCCCCCCCCCCCCCCCC(=O)NC(COC1OC(CO)C(OC2OC(CO)C(OC3OC(CO)C(O)C(O)C3O)C(O)C2O)C(O)C1O)C(O)/C=C/CC/C=C/CCCCCCCCCCCCCCCCCCCCCCCCCCC. The first-order valence-corrected chi connectivity index (χ1v) is 47.3. The first-order chi connectivity index (χ1) is 57.3. The molecule has 17 unspecified atom stereocenters. The average molecular weight is 1650 g/mol. The van der Waals surface area contributed by atoms with Crippen LogP contribution in [0, 0.1) is 0 Å². The van der Waals surface area contributed by atoms with Gasteiger partial charge in [-0.25, -0.2) is 0 Å². The summed E-state index contributed by atoms with van der Waals surface area (Å²) in [6.45, 7) is 1.65. The zero-order chi connectivity index (χ0) is 84.5. The molecule has 3 heterocycles. The lowest BCUT2D eigenvalue weighted by atomic mass is 9.96. The van der Waals surface area contributed by atoms with E-state index < -0.39 is 124 Å². The van der Waals surface area contributed by atoms with Crippen LogP contribution in [0.3, 0.4) is 0 Å². The van der Waals surface area contributed by atoms with E-state index in [1.807, 2.05) is 6.08 Å². The van der Waals surface area contributed by atoms with Gasteiger partial charge < -0.3 is 89.9 Å². The number of aliphatic hydroxyl groups excluding tert-OH is 11. The van der Waals surface area contributed by atoms with Gasteiger partial charge in [-0.05, 0) is 96.3 Å². The maximum atomic E-state index is 13.5. The van der Waals surface area contributed by atoms with Gasteiger partial charge in [-0.15, -0.1) is 0 Å². The number of allylic oxidation sites excluding steroid dienone is 19. The molecule has 0 aliphatic carbocycles. The highest BCUT2D eigenvalue weighted by Gasteiger charge is 2.54. The van der Waals surface area contributed by atoms with Crippen LogP contribution in [-0.4, -0.2) is 193 Å². The van der Waals surface area contributed by atoms with Crippen LogP contribution in [-0.2, 0) is 33.2 Å². The largest absolute Gasteiger partial charge is 0.394 e. The van der Waals surface area contributed by atoms with Crippen molar-refractivity contribution in [3.8, 4) is 0 Å². The quantitative estimate of drug-likeness (QED) is 0.0199. The van der Waals surface area contributed by atoms with Crippen LogP contribution in [0.1, 0.15) is 361 Å². The van der Waals surface area contributed by atoms with Crippen LogP contribution >= 0.6 is 0 Å². The molecule has 0 saturated carbocycles. The Bertz CT molecular complexity index is 2590. The van der Waals surface area contributed by atoms with Crippen LogP contribution in [0.2, 0.25) is 0 Å². The lowest BCUT2D eigenvalue weighted by molar-refractivity contribution is -0.379. The van der Waals surface area contributed by atoms with Gasteiger partial charge in [-0.3, -0.25) is 4.79 Å². The van der Waals surface area contributed by atoms with Gasteiger partial charge in [0.25, 0.3) is 0 Å². The first kappa shape index (κ1) is 107. The van der Waals surface area contributed by atoms with Gasteiger partial charge in [0.15, 0.2) is 18.9 Å². The molecule has 3 aliphatic rings. The van der Waals surface area contributed by atoms with E-state index in [1.165, 1.54) is 238 Å². The smallest absolute Gasteiger partial charge is 0.220 e. The normalized spacial score (nSPS) is 24.9. The highest BCUT2D eigenvalue weighted by molar-refractivity contribution is 5.76. The summed E-state index contributed by atoms with van der Waals surface area (Å²) in [5.41, 5.74) is 0. The van der Waals surface area contributed by atoms with E-state index in [9.17, 15) is 61.0 Å². The van der Waals surface area contributed by atoms with Crippen molar-refractivity contribution in [1.29, 1.82) is 0 Å². The second-order valence-electron chi connectivity index (χ2n) is 33.1. The summed E-state index contributed by atoms with van der Waals surface area (Å²) in [5, 5.41) is 121. The minimum Gasteiger partial charge on any atom is -0.394 e. The Morgan fingerprint density at radius 3 is 0.957 bits per heavy atom. The number of hydrogen-bond acceptors (Lipinski definition) is 18. The van der Waals surface area contributed by atoms with Crippen molar-refractivity contribution in [3.63, 3.8) is 0 Å². The summed E-state index contributed by atoms with van der Waals surface area (Å²) in [5.74, 6) is -0.284. The Kier molecular flexibility index (Phi) is 69.6. The first-order valence-electron chi connectivity index (χ1n) is 47.3. The zero-order valence-corrected chi connectivity index (χ0v) is 73.2. The van der Waals surface area contributed by atoms with Gasteiger partial charge in [-0.2, -0.15) is 0 Å². The number of amides is 1. The Morgan fingerprint density at radius 1 is 0.316 bits per heavy atom. The van der Waals surface area contributed by atoms with Crippen molar-refractivity contribution < 1.29 is 89.4 Å². The van der Waals surface area contributed by atoms with E-state index in [0.29, 0.717) is 12.8 Å². The molecule has 17 atom stereocenters. The lowest BCUT2D eigenvalue weighted by Gasteiger charge is -2.48. The third-order valence-corrected chi connectivity index (χ3v) is 22.7. The highest BCUT2D eigenvalue weighted by Crippen LogP contribution is 2.34. The molecule has 3 saturated heterocycles. The Hall–Kier alpha value is -3.81. The number of unbranched alkanes of at least 4 members (excludes halogenated alkanes) is 42. The Morgan fingerprint density at radius 2 is 0.598 bits per heavy atom. The average Bonchev–Trinajstić information content (AvgIpc) is 0.778. The minimum atomic E-state index is -1.99. The molecular formula is C98H171NO18. The molecule has 0 aromatic rings. The van der Waals surface area contributed by atoms with Crippen LogP contribution in [0.5, 0.6) is 0 Å². The van der Waals surface area contributed by atoms with Crippen molar-refractivity contribution in [2.24, 2.45) is 0 Å². The summed E-state index contributed by atoms with van der Waals surface area (Å²) in [4.78, 5) is 13.5.